The van der Waals surface area contributed by atoms with Crippen molar-refractivity contribution in [1.82, 2.24) is 9.55 Å². The van der Waals surface area contributed by atoms with Gasteiger partial charge in [-0.1, -0.05) is 54.4 Å². The Morgan fingerprint density at radius 3 is 2.36 bits per heavy atom. The molecule has 0 spiro atoms. The summed E-state index contributed by atoms with van der Waals surface area (Å²) in [5.41, 5.74) is 4.36. The van der Waals surface area contributed by atoms with Crippen molar-refractivity contribution in [2.45, 2.75) is 43.0 Å². The summed E-state index contributed by atoms with van der Waals surface area (Å²) >= 11 is 1.85. The molecule has 1 aliphatic carbocycles. The van der Waals surface area contributed by atoms with Gasteiger partial charge in [0, 0.05) is 16.5 Å². The van der Waals surface area contributed by atoms with Gasteiger partial charge in [0.2, 0.25) is 0 Å². The van der Waals surface area contributed by atoms with Crippen molar-refractivity contribution in [3.8, 4) is 16.9 Å². The van der Waals surface area contributed by atoms with Crippen LogP contribution in [0, 0.1) is 12.7 Å². The third kappa shape index (κ3) is 3.49. The molecule has 1 fully saturated rings. The topological polar surface area (TPSA) is 17.8 Å². The van der Waals surface area contributed by atoms with E-state index < -0.39 is 0 Å². The van der Waals surface area contributed by atoms with Gasteiger partial charge in [0.25, 0.3) is 0 Å². The number of imidazole rings is 1. The number of benzene rings is 2. The van der Waals surface area contributed by atoms with Gasteiger partial charge in [-0.05, 0) is 44.0 Å². The Morgan fingerprint density at radius 1 is 1.00 bits per heavy atom. The van der Waals surface area contributed by atoms with Gasteiger partial charge in [-0.15, -0.1) is 0 Å². The van der Waals surface area contributed by atoms with Crippen LogP contribution >= 0.6 is 11.8 Å². The minimum absolute atomic E-state index is 0.217. The summed E-state index contributed by atoms with van der Waals surface area (Å²) in [5, 5.41) is 1.63. The van der Waals surface area contributed by atoms with Crippen LogP contribution in [0.3, 0.4) is 0 Å². The highest BCUT2D eigenvalue weighted by Crippen LogP contribution is 2.37. The van der Waals surface area contributed by atoms with Crippen molar-refractivity contribution >= 4 is 11.8 Å². The summed E-state index contributed by atoms with van der Waals surface area (Å²) < 4.78 is 15.6. The van der Waals surface area contributed by atoms with Crippen molar-refractivity contribution in [2.24, 2.45) is 0 Å². The first-order valence-electron chi connectivity index (χ1n) is 8.78. The van der Waals surface area contributed by atoms with E-state index in [0.717, 1.165) is 22.1 Å². The van der Waals surface area contributed by atoms with Crippen LogP contribution in [0.4, 0.5) is 4.39 Å². The average Bonchev–Trinajstić information content (AvgIpc) is 3.27. The monoisotopic (exact) mass is 352 g/mol. The molecule has 2 aromatic carbocycles. The Hall–Kier alpha value is -2.07. The molecule has 0 atom stereocenters. The summed E-state index contributed by atoms with van der Waals surface area (Å²) in [6.45, 7) is 2.09. The van der Waals surface area contributed by atoms with Gasteiger partial charge in [0.15, 0.2) is 5.16 Å². The van der Waals surface area contributed by atoms with E-state index >= 15 is 0 Å². The number of nitrogens with zero attached hydrogens (tertiary/aromatic N) is 2. The highest BCUT2D eigenvalue weighted by atomic mass is 32.2. The third-order valence-electron chi connectivity index (χ3n) is 4.74. The minimum Gasteiger partial charge on any atom is -0.287 e. The van der Waals surface area contributed by atoms with Crippen LogP contribution in [0.5, 0.6) is 0 Å². The zero-order valence-corrected chi connectivity index (χ0v) is 15.1. The Labute approximate surface area is 152 Å². The van der Waals surface area contributed by atoms with E-state index in [4.69, 9.17) is 4.98 Å². The van der Waals surface area contributed by atoms with Gasteiger partial charge < -0.3 is 0 Å². The standard InChI is InChI=1S/C21H21FN2S/c1-15-6-8-16(9-7-15)20-14-23-21(25-19-4-2-3-5-19)24(20)18-12-10-17(22)11-13-18/h6-14,19H,2-5H2,1H3. The lowest BCUT2D eigenvalue weighted by atomic mass is 10.1. The maximum Gasteiger partial charge on any atom is 0.173 e. The molecule has 0 bridgehead atoms. The fourth-order valence-electron chi connectivity index (χ4n) is 3.34. The van der Waals surface area contributed by atoms with E-state index in [2.05, 4.69) is 35.8 Å². The molecular weight excluding hydrogens is 331 g/mol. The maximum atomic E-state index is 13.4. The zero-order chi connectivity index (χ0) is 17.2. The van der Waals surface area contributed by atoms with Gasteiger partial charge in [0.1, 0.15) is 5.82 Å². The van der Waals surface area contributed by atoms with E-state index in [-0.39, 0.29) is 5.82 Å². The van der Waals surface area contributed by atoms with Crippen LogP contribution < -0.4 is 0 Å². The number of hydrogen-bond donors (Lipinski definition) is 0. The molecule has 0 aliphatic heterocycles. The molecule has 1 aromatic heterocycles. The van der Waals surface area contributed by atoms with Crippen LogP contribution in [0.2, 0.25) is 0 Å². The molecule has 0 unspecified atom stereocenters. The van der Waals surface area contributed by atoms with Crippen molar-refractivity contribution in [1.29, 1.82) is 0 Å². The molecule has 25 heavy (non-hydrogen) atoms. The number of aromatic nitrogens is 2. The lowest BCUT2D eigenvalue weighted by Crippen LogP contribution is -2.02. The Balaban J connectivity index is 1.79. The van der Waals surface area contributed by atoms with Gasteiger partial charge in [-0.3, -0.25) is 4.57 Å². The maximum absolute atomic E-state index is 13.4. The molecule has 2 nitrogen and oxygen atoms in total. The van der Waals surface area contributed by atoms with Crippen LogP contribution in [-0.4, -0.2) is 14.8 Å². The van der Waals surface area contributed by atoms with Crippen LogP contribution in [0.1, 0.15) is 31.2 Å². The second-order valence-corrected chi connectivity index (χ2v) is 7.90. The van der Waals surface area contributed by atoms with Gasteiger partial charge in [-0.25, -0.2) is 9.37 Å². The van der Waals surface area contributed by atoms with E-state index in [0.29, 0.717) is 5.25 Å². The Kier molecular flexibility index (Phi) is 4.62. The number of aryl methyl sites for hydroxylation is 1. The smallest absolute Gasteiger partial charge is 0.173 e. The Morgan fingerprint density at radius 2 is 1.68 bits per heavy atom. The van der Waals surface area contributed by atoms with Gasteiger partial charge in [-0.2, -0.15) is 0 Å². The lowest BCUT2D eigenvalue weighted by molar-refractivity contribution is 0.627. The van der Waals surface area contributed by atoms with Crippen LogP contribution in [0.15, 0.2) is 59.9 Å². The second-order valence-electron chi connectivity index (χ2n) is 6.63. The predicted molar refractivity (Wildman–Crippen MR) is 102 cm³/mol. The van der Waals surface area contributed by atoms with E-state index in [1.165, 1.54) is 43.4 Å². The van der Waals surface area contributed by atoms with Crippen molar-refractivity contribution in [2.75, 3.05) is 0 Å². The molecule has 1 aliphatic rings. The average molecular weight is 352 g/mol. The molecule has 0 saturated heterocycles. The first kappa shape index (κ1) is 16.4. The molecule has 1 heterocycles. The summed E-state index contributed by atoms with van der Waals surface area (Å²) in [4.78, 5) is 4.71. The molecule has 0 amide bonds. The summed E-state index contributed by atoms with van der Waals surface area (Å²) in [6.07, 6.45) is 7.05. The van der Waals surface area contributed by atoms with Crippen molar-refractivity contribution < 1.29 is 4.39 Å². The fraction of sp³-hybridized carbons (Fsp3) is 0.286. The molecule has 1 saturated carbocycles. The molecule has 0 N–H and O–H groups in total. The number of hydrogen-bond acceptors (Lipinski definition) is 2. The molecule has 4 heteroatoms. The quantitative estimate of drug-likeness (QED) is 0.571. The second kappa shape index (κ2) is 7.04. The number of rotatable bonds is 4. The molecule has 128 valence electrons. The fourth-order valence-corrected chi connectivity index (χ4v) is 4.63. The first-order chi connectivity index (χ1) is 12.2. The molecule has 4 rings (SSSR count). The van der Waals surface area contributed by atoms with E-state index in [1.54, 1.807) is 0 Å². The summed E-state index contributed by atoms with van der Waals surface area (Å²) in [6, 6.07) is 15.1. The first-order valence-corrected chi connectivity index (χ1v) is 9.66. The molecule has 3 aromatic rings. The number of halogens is 1. The van der Waals surface area contributed by atoms with Crippen molar-refractivity contribution in [3.05, 3.63) is 66.1 Å². The number of thioether (sulfide) groups is 1. The van der Waals surface area contributed by atoms with Gasteiger partial charge >= 0.3 is 0 Å². The normalized spacial score (nSPS) is 15.0. The highest BCUT2D eigenvalue weighted by molar-refractivity contribution is 7.99. The predicted octanol–water partition coefficient (Wildman–Crippen LogP) is 6.02. The van der Waals surface area contributed by atoms with Crippen LogP contribution in [-0.2, 0) is 0 Å². The zero-order valence-electron chi connectivity index (χ0n) is 14.3. The largest absolute Gasteiger partial charge is 0.287 e. The highest BCUT2D eigenvalue weighted by Gasteiger charge is 2.21. The van der Waals surface area contributed by atoms with E-state index in [9.17, 15) is 4.39 Å². The SMILES string of the molecule is Cc1ccc(-c2cnc(SC3CCCC3)n2-c2ccc(F)cc2)cc1. The molecular formula is C21H21FN2S. The van der Waals surface area contributed by atoms with E-state index in [1.807, 2.05) is 30.1 Å². The minimum atomic E-state index is -0.217. The molecule has 0 radical (unpaired) electrons. The lowest BCUT2D eigenvalue weighted by Gasteiger charge is -2.14. The van der Waals surface area contributed by atoms with Crippen LogP contribution in [0.25, 0.3) is 16.9 Å². The summed E-state index contributed by atoms with van der Waals surface area (Å²) in [7, 11) is 0. The van der Waals surface area contributed by atoms with Gasteiger partial charge in [0.05, 0.1) is 11.9 Å². The summed E-state index contributed by atoms with van der Waals surface area (Å²) in [5.74, 6) is -0.217. The van der Waals surface area contributed by atoms with Crippen molar-refractivity contribution in [3.63, 3.8) is 0 Å². The Bertz CT molecular complexity index is 847. The third-order valence-corrected chi connectivity index (χ3v) is 6.04.